The summed E-state index contributed by atoms with van der Waals surface area (Å²) in [6, 6.07) is 14.9. The zero-order valence-electron chi connectivity index (χ0n) is 15.8. The molecule has 10 nitrogen and oxygen atoms in total. The lowest BCUT2D eigenvalue weighted by atomic mass is 10.2. The third kappa shape index (κ3) is 5.03. The maximum absolute atomic E-state index is 12.4. The number of para-hydroxylation sites is 1. The number of nitrogens with zero attached hydrogens (tertiary/aromatic N) is 2. The van der Waals surface area contributed by atoms with Gasteiger partial charge in [-0.3, -0.25) is 4.79 Å². The second-order valence-electron chi connectivity index (χ2n) is 6.22. The van der Waals surface area contributed by atoms with Gasteiger partial charge in [-0.2, -0.15) is 10.2 Å². The van der Waals surface area contributed by atoms with Crippen LogP contribution >= 0.6 is 0 Å². The van der Waals surface area contributed by atoms with Crippen LogP contribution in [0.15, 0.2) is 81.9 Å². The molecule has 0 radical (unpaired) electrons. The van der Waals surface area contributed by atoms with Crippen molar-refractivity contribution in [3.63, 3.8) is 0 Å². The number of nitrogens with one attached hydrogen (secondary N) is 1. The fraction of sp³-hybridized carbons (Fsp3) is 0. The Morgan fingerprint density at radius 2 is 1.48 bits per heavy atom. The van der Waals surface area contributed by atoms with E-state index in [1.54, 1.807) is 12.1 Å². The van der Waals surface area contributed by atoms with Gasteiger partial charge in [0, 0.05) is 5.69 Å². The summed E-state index contributed by atoms with van der Waals surface area (Å²) in [7, 11) is -4.15. The smallest absolute Gasteiger partial charge is 0.339 e. The molecule has 0 aromatic heterocycles. The van der Waals surface area contributed by atoms with E-state index < -0.39 is 27.6 Å². The molecule has 0 aliphatic rings. The molecule has 0 bridgehead atoms. The number of hydrogen-bond acceptors (Lipinski definition) is 8. The number of phenols is 1. The summed E-state index contributed by atoms with van der Waals surface area (Å²) < 4.78 is 26.8. The summed E-state index contributed by atoms with van der Waals surface area (Å²) in [5, 5.41) is 26.3. The quantitative estimate of drug-likeness (QED) is 0.336. The first-order valence-corrected chi connectivity index (χ1v) is 10.2. The highest BCUT2D eigenvalue weighted by atomic mass is 32.2. The zero-order chi connectivity index (χ0) is 22.6. The van der Waals surface area contributed by atoms with E-state index in [1.807, 2.05) is 4.72 Å². The SMILES string of the molecule is Nc1ccccc1C(=O)NS(=O)(=O)c1ccc(N=Nc2ccc(O)c(C(=O)O)c2)cc1. The van der Waals surface area contributed by atoms with Crippen molar-refractivity contribution in [2.45, 2.75) is 4.90 Å². The highest BCUT2D eigenvalue weighted by Crippen LogP contribution is 2.25. The number of carbonyl (C=O) groups is 2. The van der Waals surface area contributed by atoms with Crippen molar-refractivity contribution in [2.24, 2.45) is 10.2 Å². The van der Waals surface area contributed by atoms with Crippen LogP contribution in [0, 0.1) is 0 Å². The molecule has 31 heavy (non-hydrogen) atoms. The Morgan fingerprint density at radius 3 is 2.13 bits per heavy atom. The Kier molecular flexibility index (Phi) is 5.97. The van der Waals surface area contributed by atoms with E-state index >= 15 is 0 Å². The van der Waals surface area contributed by atoms with Crippen molar-refractivity contribution >= 4 is 39.0 Å². The van der Waals surface area contributed by atoms with E-state index in [4.69, 9.17) is 10.8 Å². The normalized spacial score (nSPS) is 11.4. The number of hydrogen-bond donors (Lipinski definition) is 4. The van der Waals surface area contributed by atoms with Crippen LogP contribution < -0.4 is 10.5 Å². The Morgan fingerprint density at radius 1 is 0.871 bits per heavy atom. The minimum absolute atomic E-state index is 0.0334. The van der Waals surface area contributed by atoms with Crippen LogP contribution in [0.1, 0.15) is 20.7 Å². The summed E-state index contributed by atoms with van der Waals surface area (Å²) in [6.45, 7) is 0. The Hall–Kier alpha value is -4.25. The van der Waals surface area contributed by atoms with Gasteiger partial charge in [-0.1, -0.05) is 12.1 Å². The molecule has 5 N–H and O–H groups in total. The second kappa shape index (κ2) is 8.63. The van der Waals surface area contributed by atoms with E-state index in [2.05, 4.69) is 10.2 Å². The van der Waals surface area contributed by atoms with Gasteiger partial charge in [0.05, 0.1) is 21.8 Å². The molecular weight excluding hydrogens is 424 g/mol. The predicted molar refractivity (Wildman–Crippen MR) is 111 cm³/mol. The van der Waals surface area contributed by atoms with Crippen molar-refractivity contribution in [3.8, 4) is 5.75 Å². The summed E-state index contributed by atoms with van der Waals surface area (Å²) in [5.41, 5.74) is 6.00. The Balaban J connectivity index is 1.76. The van der Waals surface area contributed by atoms with Crippen LogP contribution in [0.5, 0.6) is 5.75 Å². The van der Waals surface area contributed by atoms with Crippen LogP contribution in [0.4, 0.5) is 17.1 Å². The van der Waals surface area contributed by atoms with Crippen LogP contribution in [0.2, 0.25) is 0 Å². The second-order valence-corrected chi connectivity index (χ2v) is 7.90. The molecule has 0 saturated carbocycles. The van der Waals surface area contributed by atoms with Crippen molar-refractivity contribution in [3.05, 3.63) is 77.9 Å². The number of azo groups is 1. The molecule has 0 spiro atoms. The molecular formula is C20H16N4O6S. The summed E-state index contributed by atoms with van der Waals surface area (Å²) in [6.07, 6.45) is 0. The van der Waals surface area contributed by atoms with Crippen LogP contribution in [-0.2, 0) is 10.0 Å². The predicted octanol–water partition coefficient (Wildman–Crippen LogP) is 3.21. The third-order valence-electron chi connectivity index (χ3n) is 4.07. The van der Waals surface area contributed by atoms with E-state index in [9.17, 15) is 23.1 Å². The maximum atomic E-state index is 12.4. The van der Waals surface area contributed by atoms with E-state index in [-0.39, 0.29) is 33.1 Å². The van der Waals surface area contributed by atoms with E-state index in [0.29, 0.717) is 0 Å². The highest BCUT2D eigenvalue weighted by molar-refractivity contribution is 7.90. The van der Waals surface area contributed by atoms with Gasteiger partial charge in [0.2, 0.25) is 0 Å². The number of carbonyl (C=O) groups excluding carboxylic acids is 1. The monoisotopic (exact) mass is 440 g/mol. The molecule has 0 fully saturated rings. The number of rotatable bonds is 6. The number of anilines is 1. The number of amides is 1. The largest absolute Gasteiger partial charge is 0.507 e. The zero-order valence-corrected chi connectivity index (χ0v) is 16.6. The molecule has 0 heterocycles. The van der Waals surface area contributed by atoms with Crippen molar-refractivity contribution in [1.82, 2.24) is 4.72 Å². The number of benzene rings is 3. The molecule has 1 amide bonds. The number of carboxylic acid groups (broad SMARTS) is 1. The van der Waals surface area contributed by atoms with Gasteiger partial charge in [0.25, 0.3) is 15.9 Å². The number of sulfonamides is 1. The lowest BCUT2D eigenvalue weighted by molar-refractivity contribution is 0.0693. The molecule has 0 unspecified atom stereocenters. The molecule has 11 heteroatoms. The van der Waals surface area contributed by atoms with Gasteiger partial charge in [0.15, 0.2) is 0 Å². The van der Waals surface area contributed by atoms with Crippen molar-refractivity contribution in [2.75, 3.05) is 5.73 Å². The van der Waals surface area contributed by atoms with Crippen LogP contribution in [-0.4, -0.2) is 30.5 Å². The number of aromatic carboxylic acids is 1. The van der Waals surface area contributed by atoms with E-state index in [1.165, 1.54) is 48.5 Å². The first-order valence-electron chi connectivity index (χ1n) is 8.67. The highest BCUT2D eigenvalue weighted by Gasteiger charge is 2.20. The van der Waals surface area contributed by atoms with E-state index in [0.717, 1.165) is 6.07 Å². The van der Waals surface area contributed by atoms with Gasteiger partial charge in [-0.25, -0.2) is 17.9 Å². The minimum Gasteiger partial charge on any atom is -0.507 e. The summed E-state index contributed by atoms with van der Waals surface area (Å²) >= 11 is 0. The summed E-state index contributed by atoms with van der Waals surface area (Å²) in [4.78, 5) is 23.1. The number of nitrogen functional groups attached to an aromatic ring is 1. The molecule has 3 rings (SSSR count). The van der Waals surface area contributed by atoms with Crippen molar-refractivity contribution < 1.29 is 28.2 Å². The fourth-order valence-corrected chi connectivity index (χ4v) is 3.47. The number of carboxylic acids is 1. The Bertz CT molecular complexity index is 1290. The fourth-order valence-electron chi connectivity index (χ4n) is 2.50. The topological polar surface area (TPSA) is 172 Å². The van der Waals surface area contributed by atoms with Gasteiger partial charge < -0.3 is 15.9 Å². The number of aromatic hydroxyl groups is 1. The van der Waals surface area contributed by atoms with Gasteiger partial charge in [0.1, 0.15) is 11.3 Å². The average molecular weight is 440 g/mol. The third-order valence-corrected chi connectivity index (χ3v) is 5.42. The van der Waals surface area contributed by atoms with Gasteiger partial charge in [-0.15, -0.1) is 0 Å². The number of nitrogens with two attached hydrogens (primary N) is 1. The molecule has 3 aromatic rings. The first kappa shape index (κ1) is 21.5. The van der Waals surface area contributed by atoms with Gasteiger partial charge in [-0.05, 0) is 54.6 Å². The lowest BCUT2D eigenvalue weighted by Gasteiger charge is -2.08. The van der Waals surface area contributed by atoms with Gasteiger partial charge >= 0.3 is 5.97 Å². The minimum atomic E-state index is -4.15. The maximum Gasteiger partial charge on any atom is 0.339 e. The molecule has 0 aliphatic carbocycles. The van der Waals surface area contributed by atoms with Crippen LogP contribution in [0.3, 0.4) is 0 Å². The van der Waals surface area contributed by atoms with Crippen LogP contribution in [0.25, 0.3) is 0 Å². The molecule has 0 atom stereocenters. The lowest BCUT2D eigenvalue weighted by Crippen LogP contribution is -2.31. The standard InChI is InChI=1S/C20H16N4O6S/c21-17-4-2-1-3-15(17)19(26)24-31(29,30)14-8-5-12(6-9-14)22-23-13-7-10-18(25)16(11-13)20(27)28/h1-11,25H,21H2,(H,24,26)(H,27,28). The first-order chi connectivity index (χ1) is 14.7. The molecule has 0 aliphatic heterocycles. The summed E-state index contributed by atoms with van der Waals surface area (Å²) in [5.74, 6) is -2.58. The Labute approximate surface area is 176 Å². The molecule has 158 valence electrons. The average Bonchev–Trinajstić information content (AvgIpc) is 2.73. The molecule has 0 saturated heterocycles. The molecule has 3 aromatic carbocycles. The van der Waals surface area contributed by atoms with Crippen molar-refractivity contribution in [1.29, 1.82) is 0 Å².